The highest BCUT2D eigenvalue weighted by Gasteiger charge is 2.20. The van der Waals surface area contributed by atoms with Crippen LogP contribution in [-0.4, -0.2) is 32.9 Å². The van der Waals surface area contributed by atoms with Crippen LogP contribution < -0.4 is 10.0 Å². The summed E-state index contributed by atoms with van der Waals surface area (Å²) in [4.78, 5) is 23.9. The number of sulfonamides is 1. The van der Waals surface area contributed by atoms with Gasteiger partial charge in [-0.15, -0.1) is 0 Å². The molecule has 0 heterocycles. The molecule has 7 nitrogen and oxygen atoms in total. The first-order valence-corrected chi connectivity index (χ1v) is 10.4. The first-order chi connectivity index (χ1) is 13.2. The molecule has 0 aliphatic carbocycles. The Labute approximate surface area is 173 Å². The van der Waals surface area contributed by atoms with Gasteiger partial charge in [0, 0.05) is 11.6 Å². The van der Waals surface area contributed by atoms with Crippen LogP contribution in [0.25, 0.3) is 0 Å². The third-order valence-electron chi connectivity index (χ3n) is 3.54. The molecule has 150 valence electrons. The molecule has 0 bridgehead atoms. The highest BCUT2D eigenvalue weighted by Crippen LogP contribution is 2.20. The molecule has 2 N–H and O–H groups in total. The number of ether oxygens (including phenoxy) is 1. The average molecular weight is 445 g/mol. The van der Waals surface area contributed by atoms with E-state index in [-0.39, 0.29) is 22.9 Å². The molecule has 1 unspecified atom stereocenters. The molecule has 2 aromatic carbocycles. The van der Waals surface area contributed by atoms with Crippen LogP contribution in [0.1, 0.15) is 13.3 Å². The second-order valence-corrected chi connectivity index (χ2v) is 8.32. The fourth-order valence-corrected chi connectivity index (χ4v) is 3.63. The van der Waals surface area contributed by atoms with E-state index in [1.807, 2.05) is 0 Å². The minimum Gasteiger partial charge on any atom is -0.452 e. The van der Waals surface area contributed by atoms with E-state index in [2.05, 4.69) is 10.0 Å². The van der Waals surface area contributed by atoms with Gasteiger partial charge in [-0.1, -0.05) is 41.4 Å². The normalized spacial score (nSPS) is 12.2. The number of carbonyl (C=O) groups excluding carboxylic acids is 2. The van der Waals surface area contributed by atoms with Crippen LogP contribution >= 0.6 is 23.2 Å². The van der Waals surface area contributed by atoms with Crippen molar-refractivity contribution in [3.63, 3.8) is 0 Å². The summed E-state index contributed by atoms with van der Waals surface area (Å²) >= 11 is 11.7. The average Bonchev–Trinajstić information content (AvgIpc) is 2.63. The first-order valence-electron chi connectivity index (χ1n) is 8.19. The minimum atomic E-state index is -3.80. The number of anilines is 1. The SMILES string of the molecule is CC(OC(=O)CCNS(=O)(=O)c1cccc(Cl)c1)C(=O)Nc1ccccc1Cl. The molecule has 2 aromatic rings. The zero-order valence-electron chi connectivity index (χ0n) is 14.8. The third kappa shape index (κ3) is 6.49. The number of para-hydroxylation sites is 1. The number of benzene rings is 2. The Morgan fingerprint density at radius 1 is 1.11 bits per heavy atom. The van der Waals surface area contributed by atoms with E-state index in [4.69, 9.17) is 27.9 Å². The Morgan fingerprint density at radius 3 is 2.50 bits per heavy atom. The summed E-state index contributed by atoms with van der Waals surface area (Å²) in [5.74, 6) is -1.28. The van der Waals surface area contributed by atoms with E-state index in [1.165, 1.54) is 25.1 Å². The summed E-state index contributed by atoms with van der Waals surface area (Å²) in [7, 11) is -3.80. The molecule has 0 saturated carbocycles. The van der Waals surface area contributed by atoms with Gasteiger partial charge in [0.2, 0.25) is 10.0 Å². The molecule has 0 aliphatic rings. The standard InChI is InChI=1S/C18H18Cl2N2O5S/c1-12(18(24)22-16-8-3-2-7-15(16)20)27-17(23)9-10-21-28(25,26)14-6-4-5-13(19)11-14/h2-8,11-12,21H,9-10H2,1H3,(H,22,24). The van der Waals surface area contributed by atoms with E-state index in [9.17, 15) is 18.0 Å². The highest BCUT2D eigenvalue weighted by atomic mass is 35.5. The van der Waals surface area contributed by atoms with Crippen molar-refractivity contribution in [2.75, 3.05) is 11.9 Å². The molecule has 0 fully saturated rings. The maximum Gasteiger partial charge on any atom is 0.307 e. The Balaban J connectivity index is 1.81. The maximum atomic E-state index is 12.1. The van der Waals surface area contributed by atoms with Gasteiger partial charge in [0.15, 0.2) is 6.10 Å². The van der Waals surface area contributed by atoms with Crippen LogP contribution in [0, 0.1) is 0 Å². The van der Waals surface area contributed by atoms with Crippen molar-refractivity contribution in [3.8, 4) is 0 Å². The van der Waals surface area contributed by atoms with Crippen LogP contribution in [0.2, 0.25) is 10.0 Å². The third-order valence-corrected chi connectivity index (χ3v) is 5.56. The fourth-order valence-electron chi connectivity index (χ4n) is 2.11. The summed E-state index contributed by atoms with van der Waals surface area (Å²) in [5.41, 5.74) is 0.395. The monoisotopic (exact) mass is 444 g/mol. The van der Waals surface area contributed by atoms with Gasteiger partial charge >= 0.3 is 5.97 Å². The summed E-state index contributed by atoms with van der Waals surface area (Å²) < 4.78 is 31.6. The van der Waals surface area contributed by atoms with Gasteiger partial charge in [-0.25, -0.2) is 13.1 Å². The van der Waals surface area contributed by atoms with Gasteiger partial charge in [0.25, 0.3) is 5.91 Å². The number of carbonyl (C=O) groups is 2. The van der Waals surface area contributed by atoms with Gasteiger partial charge in [-0.3, -0.25) is 9.59 Å². The van der Waals surface area contributed by atoms with Crippen molar-refractivity contribution in [1.29, 1.82) is 0 Å². The summed E-state index contributed by atoms with van der Waals surface area (Å²) in [5, 5.41) is 3.18. The molecule has 10 heteroatoms. The van der Waals surface area contributed by atoms with E-state index in [1.54, 1.807) is 30.3 Å². The Kier molecular flexibility index (Phi) is 7.82. The number of amides is 1. The lowest BCUT2D eigenvalue weighted by molar-refractivity contribution is -0.152. The van der Waals surface area contributed by atoms with Crippen LogP contribution in [0.4, 0.5) is 5.69 Å². The smallest absolute Gasteiger partial charge is 0.307 e. The molecule has 0 aromatic heterocycles. The number of hydrogen-bond acceptors (Lipinski definition) is 5. The molecular weight excluding hydrogens is 427 g/mol. The fraction of sp³-hybridized carbons (Fsp3) is 0.222. The van der Waals surface area contributed by atoms with E-state index in [0.717, 1.165) is 0 Å². The predicted molar refractivity (Wildman–Crippen MR) is 107 cm³/mol. The van der Waals surface area contributed by atoms with E-state index >= 15 is 0 Å². The van der Waals surface area contributed by atoms with Crippen LogP contribution in [-0.2, 0) is 24.3 Å². The molecule has 0 radical (unpaired) electrons. The summed E-state index contributed by atoms with van der Waals surface area (Å²) in [6.07, 6.45) is -1.32. The van der Waals surface area contributed by atoms with Gasteiger partial charge in [0.05, 0.1) is 22.0 Å². The molecule has 0 aliphatic heterocycles. The van der Waals surface area contributed by atoms with Crippen molar-refractivity contribution < 1.29 is 22.7 Å². The lowest BCUT2D eigenvalue weighted by Crippen LogP contribution is -2.32. The van der Waals surface area contributed by atoms with Crippen molar-refractivity contribution in [1.82, 2.24) is 4.72 Å². The van der Waals surface area contributed by atoms with E-state index in [0.29, 0.717) is 10.7 Å². The van der Waals surface area contributed by atoms with Crippen LogP contribution in [0.3, 0.4) is 0 Å². The van der Waals surface area contributed by atoms with Crippen molar-refractivity contribution >= 4 is 50.8 Å². The number of hydrogen-bond donors (Lipinski definition) is 2. The second kappa shape index (κ2) is 9.88. The molecule has 0 saturated heterocycles. The van der Waals surface area contributed by atoms with Crippen molar-refractivity contribution in [3.05, 3.63) is 58.6 Å². The predicted octanol–water partition coefficient (Wildman–Crippen LogP) is 3.23. The van der Waals surface area contributed by atoms with Gasteiger partial charge in [-0.2, -0.15) is 0 Å². The maximum absolute atomic E-state index is 12.1. The zero-order valence-corrected chi connectivity index (χ0v) is 17.1. The number of halogens is 2. The molecular formula is C18H18Cl2N2O5S. The molecule has 2 rings (SSSR count). The van der Waals surface area contributed by atoms with Crippen LogP contribution in [0.15, 0.2) is 53.4 Å². The summed E-state index contributed by atoms with van der Waals surface area (Å²) in [6, 6.07) is 12.4. The van der Waals surface area contributed by atoms with Gasteiger partial charge in [-0.05, 0) is 37.3 Å². The van der Waals surface area contributed by atoms with Gasteiger partial charge < -0.3 is 10.1 Å². The molecule has 0 spiro atoms. The largest absolute Gasteiger partial charge is 0.452 e. The quantitative estimate of drug-likeness (QED) is 0.608. The first kappa shape index (κ1) is 22.2. The van der Waals surface area contributed by atoms with Crippen LogP contribution in [0.5, 0.6) is 0 Å². The summed E-state index contributed by atoms with van der Waals surface area (Å²) in [6.45, 7) is 1.22. The molecule has 1 amide bonds. The van der Waals surface area contributed by atoms with Crippen molar-refractivity contribution in [2.24, 2.45) is 0 Å². The Bertz CT molecular complexity index is 966. The number of nitrogens with one attached hydrogen (secondary N) is 2. The lowest BCUT2D eigenvalue weighted by Gasteiger charge is -2.14. The number of esters is 1. The topological polar surface area (TPSA) is 102 Å². The Hall–Kier alpha value is -2.13. The minimum absolute atomic E-state index is 0.0131. The van der Waals surface area contributed by atoms with Crippen molar-refractivity contribution in [2.45, 2.75) is 24.3 Å². The molecule has 28 heavy (non-hydrogen) atoms. The van der Waals surface area contributed by atoms with Gasteiger partial charge in [0.1, 0.15) is 0 Å². The highest BCUT2D eigenvalue weighted by molar-refractivity contribution is 7.89. The number of rotatable bonds is 8. The zero-order chi connectivity index (χ0) is 20.7. The lowest BCUT2D eigenvalue weighted by atomic mass is 10.3. The Morgan fingerprint density at radius 2 is 1.82 bits per heavy atom. The molecule has 1 atom stereocenters. The second-order valence-electron chi connectivity index (χ2n) is 5.71. The van der Waals surface area contributed by atoms with E-state index < -0.39 is 28.0 Å².